The highest BCUT2D eigenvalue weighted by molar-refractivity contribution is 8.08. The van der Waals surface area contributed by atoms with Gasteiger partial charge in [0.2, 0.25) is 0 Å². The molecule has 1 aromatic carbocycles. The zero-order valence-electron chi connectivity index (χ0n) is 7.21. The van der Waals surface area contributed by atoms with E-state index in [4.69, 9.17) is 0 Å². The molecule has 0 heterocycles. The molecule has 2 rings (SSSR count). The van der Waals surface area contributed by atoms with Crippen LogP contribution in [0.25, 0.3) is 4.91 Å². The van der Waals surface area contributed by atoms with Gasteiger partial charge in [0.15, 0.2) is 0 Å². The summed E-state index contributed by atoms with van der Waals surface area (Å²) in [5, 5.41) is 0. The van der Waals surface area contributed by atoms with Crippen molar-refractivity contribution in [2.24, 2.45) is 0 Å². The standard InChI is InChI=1S/C11H12S/c1-2-12-11-8-7-9-5-3-4-6-10(9)11/h3-6,8H,2,7H2,1H3. The van der Waals surface area contributed by atoms with Gasteiger partial charge in [-0.1, -0.05) is 37.3 Å². The minimum Gasteiger partial charge on any atom is -0.126 e. The van der Waals surface area contributed by atoms with Crippen molar-refractivity contribution in [3.63, 3.8) is 0 Å². The molecule has 0 saturated carbocycles. The summed E-state index contributed by atoms with van der Waals surface area (Å²) in [5.74, 6) is 1.17. The van der Waals surface area contributed by atoms with Crippen LogP contribution in [-0.2, 0) is 6.42 Å². The summed E-state index contributed by atoms with van der Waals surface area (Å²) in [7, 11) is 0. The van der Waals surface area contributed by atoms with E-state index in [0.717, 1.165) is 6.42 Å². The fourth-order valence-corrected chi connectivity index (χ4v) is 2.41. The summed E-state index contributed by atoms with van der Waals surface area (Å²) in [4.78, 5) is 1.47. The van der Waals surface area contributed by atoms with Crippen LogP contribution in [0.2, 0.25) is 0 Å². The maximum atomic E-state index is 2.33. The van der Waals surface area contributed by atoms with Crippen molar-refractivity contribution in [2.45, 2.75) is 13.3 Å². The lowest BCUT2D eigenvalue weighted by Gasteiger charge is -2.02. The summed E-state index contributed by atoms with van der Waals surface area (Å²) < 4.78 is 0. The van der Waals surface area contributed by atoms with Crippen molar-refractivity contribution in [1.29, 1.82) is 0 Å². The van der Waals surface area contributed by atoms with Crippen LogP contribution in [-0.4, -0.2) is 5.75 Å². The van der Waals surface area contributed by atoms with E-state index in [9.17, 15) is 0 Å². The minimum absolute atomic E-state index is 1.12. The highest BCUT2D eigenvalue weighted by atomic mass is 32.2. The summed E-state index contributed by atoms with van der Waals surface area (Å²) in [5.41, 5.74) is 2.93. The fourth-order valence-electron chi connectivity index (χ4n) is 1.54. The lowest BCUT2D eigenvalue weighted by Crippen LogP contribution is -1.80. The molecule has 0 fully saturated rings. The molecule has 0 nitrogen and oxygen atoms in total. The lowest BCUT2D eigenvalue weighted by molar-refractivity contribution is 1.31. The highest BCUT2D eigenvalue weighted by Gasteiger charge is 2.11. The minimum atomic E-state index is 1.12. The second-order valence-corrected chi connectivity index (χ2v) is 4.17. The van der Waals surface area contributed by atoms with E-state index in [-0.39, 0.29) is 0 Å². The van der Waals surface area contributed by atoms with E-state index >= 15 is 0 Å². The Hall–Kier alpha value is -0.690. The molecule has 0 aromatic heterocycles. The SMILES string of the molecule is CCSC1=CCc2ccccc21. The molecule has 12 heavy (non-hydrogen) atoms. The number of fused-ring (bicyclic) bond motifs is 1. The Labute approximate surface area is 77.7 Å². The maximum absolute atomic E-state index is 2.33. The predicted molar refractivity (Wildman–Crippen MR) is 56.3 cm³/mol. The quantitative estimate of drug-likeness (QED) is 0.666. The van der Waals surface area contributed by atoms with Gasteiger partial charge in [0, 0.05) is 4.91 Å². The molecule has 0 saturated heterocycles. The number of allylic oxidation sites excluding steroid dienone is 1. The molecule has 0 unspecified atom stereocenters. The maximum Gasteiger partial charge on any atom is 0.0111 e. The van der Waals surface area contributed by atoms with Crippen LogP contribution in [0.1, 0.15) is 18.1 Å². The molecule has 62 valence electrons. The Morgan fingerprint density at radius 3 is 3.00 bits per heavy atom. The third kappa shape index (κ3) is 1.29. The average molecular weight is 176 g/mol. The average Bonchev–Trinajstić information content (AvgIpc) is 2.50. The molecule has 0 aliphatic heterocycles. The zero-order valence-corrected chi connectivity index (χ0v) is 8.03. The first-order valence-electron chi connectivity index (χ1n) is 4.33. The lowest BCUT2D eigenvalue weighted by atomic mass is 10.1. The molecule has 0 amide bonds. The molecule has 0 radical (unpaired) electrons. The van der Waals surface area contributed by atoms with E-state index in [0.29, 0.717) is 0 Å². The Bertz CT molecular complexity index is 313. The van der Waals surface area contributed by atoms with Crippen LogP contribution in [0, 0.1) is 0 Å². The summed E-state index contributed by atoms with van der Waals surface area (Å²) in [6, 6.07) is 8.67. The third-order valence-electron chi connectivity index (χ3n) is 2.09. The number of hydrogen-bond acceptors (Lipinski definition) is 1. The Morgan fingerprint density at radius 2 is 2.17 bits per heavy atom. The summed E-state index contributed by atoms with van der Waals surface area (Å²) in [6.45, 7) is 2.20. The van der Waals surface area contributed by atoms with Gasteiger partial charge < -0.3 is 0 Å². The van der Waals surface area contributed by atoms with E-state index in [1.54, 1.807) is 0 Å². The Kier molecular flexibility index (Phi) is 2.22. The van der Waals surface area contributed by atoms with Crippen LogP contribution in [0.4, 0.5) is 0 Å². The van der Waals surface area contributed by atoms with Gasteiger partial charge in [-0.25, -0.2) is 0 Å². The monoisotopic (exact) mass is 176 g/mol. The van der Waals surface area contributed by atoms with Crippen LogP contribution in [0.5, 0.6) is 0 Å². The van der Waals surface area contributed by atoms with Crippen molar-refractivity contribution >= 4 is 16.7 Å². The molecule has 0 spiro atoms. The van der Waals surface area contributed by atoms with E-state index in [1.165, 1.54) is 21.8 Å². The molecule has 0 atom stereocenters. The molecule has 1 aliphatic carbocycles. The number of benzene rings is 1. The van der Waals surface area contributed by atoms with Crippen LogP contribution in [0.15, 0.2) is 30.3 Å². The smallest absolute Gasteiger partial charge is 0.0111 e. The van der Waals surface area contributed by atoms with E-state index in [1.807, 2.05) is 11.8 Å². The van der Waals surface area contributed by atoms with Gasteiger partial charge in [-0.3, -0.25) is 0 Å². The van der Waals surface area contributed by atoms with Gasteiger partial charge >= 0.3 is 0 Å². The van der Waals surface area contributed by atoms with Gasteiger partial charge in [-0.2, -0.15) is 0 Å². The van der Waals surface area contributed by atoms with E-state index in [2.05, 4.69) is 37.3 Å². The van der Waals surface area contributed by atoms with Crippen LogP contribution in [0.3, 0.4) is 0 Å². The van der Waals surface area contributed by atoms with Crippen molar-refractivity contribution < 1.29 is 0 Å². The number of rotatable bonds is 2. The van der Waals surface area contributed by atoms with Crippen molar-refractivity contribution in [1.82, 2.24) is 0 Å². The van der Waals surface area contributed by atoms with Gasteiger partial charge in [-0.15, -0.1) is 11.8 Å². The van der Waals surface area contributed by atoms with Gasteiger partial charge in [-0.05, 0) is 23.3 Å². The first-order valence-corrected chi connectivity index (χ1v) is 5.31. The second-order valence-electron chi connectivity index (χ2n) is 2.86. The number of hydrogen-bond donors (Lipinski definition) is 0. The first kappa shape index (κ1) is 7.93. The molecule has 0 bridgehead atoms. The zero-order chi connectivity index (χ0) is 8.39. The highest BCUT2D eigenvalue weighted by Crippen LogP contribution is 2.35. The summed E-state index contributed by atoms with van der Waals surface area (Å²) in [6.07, 6.45) is 3.46. The van der Waals surface area contributed by atoms with Gasteiger partial charge in [0.1, 0.15) is 0 Å². The number of thioether (sulfide) groups is 1. The second kappa shape index (κ2) is 3.36. The van der Waals surface area contributed by atoms with Crippen molar-refractivity contribution in [2.75, 3.05) is 5.75 Å². The predicted octanol–water partition coefficient (Wildman–Crippen LogP) is 3.34. The van der Waals surface area contributed by atoms with Crippen LogP contribution >= 0.6 is 11.8 Å². The molecular formula is C11H12S. The molecule has 1 aromatic rings. The topological polar surface area (TPSA) is 0 Å². The molecule has 1 aliphatic rings. The van der Waals surface area contributed by atoms with Gasteiger partial charge in [0.25, 0.3) is 0 Å². The van der Waals surface area contributed by atoms with Gasteiger partial charge in [0.05, 0.1) is 0 Å². The Morgan fingerprint density at radius 1 is 1.33 bits per heavy atom. The van der Waals surface area contributed by atoms with Crippen molar-refractivity contribution in [3.8, 4) is 0 Å². The van der Waals surface area contributed by atoms with Crippen LogP contribution < -0.4 is 0 Å². The third-order valence-corrected chi connectivity index (χ3v) is 3.08. The van der Waals surface area contributed by atoms with E-state index < -0.39 is 0 Å². The Balaban J connectivity index is 2.32. The summed E-state index contributed by atoms with van der Waals surface area (Å²) >= 11 is 1.94. The molecular weight excluding hydrogens is 164 g/mol. The molecule has 0 N–H and O–H groups in total. The largest absolute Gasteiger partial charge is 0.126 e. The van der Waals surface area contributed by atoms with Crippen molar-refractivity contribution in [3.05, 3.63) is 41.5 Å². The first-order chi connectivity index (χ1) is 5.92. The normalized spacial score (nSPS) is 14.2. The fraction of sp³-hybridized carbons (Fsp3) is 0.273. The molecule has 1 heteroatoms.